The maximum Gasteiger partial charge on any atom is 0.199 e. The van der Waals surface area contributed by atoms with E-state index in [1.54, 1.807) is 18.2 Å². The monoisotopic (exact) mass is 398 g/mol. The Bertz CT molecular complexity index is 1160. The summed E-state index contributed by atoms with van der Waals surface area (Å²) in [6.07, 6.45) is 1.26. The van der Waals surface area contributed by atoms with Crippen LogP contribution < -0.4 is 0 Å². The first kappa shape index (κ1) is 15.4. The summed E-state index contributed by atoms with van der Waals surface area (Å²) in [4.78, 5) is 17.6. The summed E-state index contributed by atoms with van der Waals surface area (Å²) in [5, 5.41) is 26.6. The average molecular weight is 399 g/mol. The molecule has 0 fully saturated rings. The largest absolute Gasteiger partial charge is 0.494 e. The summed E-state index contributed by atoms with van der Waals surface area (Å²) in [6.45, 7) is 0. The molecule has 0 aliphatic rings. The second-order valence-electron chi connectivity index (χ2n) is 5.50. The number of halogens is 1. The number of nitrogens with one attached hydrogen (secondary N) is 2. The molecule has 4 rings (SSSR count). The van der Waals surface area contributed by atoms with E-state index < -0.39 is 0 Å². The van der Waals surface area contributed by atoms with Gasteiger partial charge in [-0.2, -0.15) is 0 Å². The maximum atomic E-state index is 11.5. The van der Waals surface area contributed by atoms with Gasteiger partial charge in [0.25, 0.3) is 0 Å². The van der Waals surface area contributed by atoms with E-state index >= 15 is 0 Å². The Morgan fingerprint density at radius 1 is 1.12 bits per heavy atom. The van der Waals surface area contributed by atoms with Crippen LogP contribution in [0, 0.1) is 4.91 Å². The van der Waals surface area contributed by atoms with Gasteiger partial charge in [0.15, 0.2) is 5.88 Å². The quantitative estimate of drug-likeness (QED) is 0.168. The van der Waals surface area contributed by atoms with Crippen molar-refractivity contribution in [1.29, 1.82) is 0 Å². The van der Waals surface area contributed by atoms with Crippen LogP contribution in [0.1, 0.15) is 5.56 Å². The lowest BCUT2D eigenvalue weighted by Crippen LogP contribution is -1.79. The molecule has 2 heterocycles. The molecule has 0 bridgehead atoms. The molecular formula is C17H11BrN4O3. The minimum absolute atomic E-state index is 0.0597. The van der Waals surface area contributed by atoms with Crippen molar-refractivity contribution in [1.82, 2.24) is 9.97 Å². The number of benzene rings is 2. The first-order chi connectivity index (χ1) is 12.1. The van der Waals surface area contributed by atoms with Crippen molar-refractivity contribution in [3.05, 3.63) is 51.3 Å². The highest BCUT2D eigenvalue weighted by molar-refractivity contribution is 9.10. The Kier molecular flexibility index (Phi) is 3.54. The number of oxime groups is 1. The predicted octanol–water partition coefficient (Wildman–Crippen LogP) is 4.99. The number of rotatable bonds is 3. The fourth-order valence-electron chi connectivity index (χ4n) is 3.04. The predicted molar refractivity (Wildman–Crippen MR) is 99.8 cm³/mol. The van der Waals surface area contributed by atoms with Crippen LogP contribution in [0.15, 0.2) is 51.2 Å². The number of nitrogens with zero attached hydrogens (tertiary/aromatic N) is 2. The number of hydrogen-bond donors (Lipinski definition) is 4. The normalized spacial score (nSPS) is 11.7. The van der Waals surface area contributed by atoms with E-state index in [9.17, 15) is 10.0 Å². The summed E-state index contributed by atoms with van der Waals surface area (Å²) in [5.41, 5.74) is 3.10. The van der Waals surface area contributed by atoms with Crippen LogP contribution in [0.5, 0.6) is 5.88 Å². The summed E-state index contributed by atoms with van der Waals surface area (Å²) < 4.78 is 0.796. The topological polar surface area (TPSA) is 114 Å². The Labute approximate surface area is 149 Å². The molecule has 0 amide bonds. The second kappa shape index (κ2) is 5.75. The van der Waals surface area contributed by atoms with Crippen LogP contribution in [-0.2, 0) is 0 Å². The minimum atomic E-state index is -0.0597. The van der Waals surface area contributed by atoms with Gasteiger partial charge >= 0.3 is 0 Å². The van der Waals surface area contributed by atoms with Crippen molar-refractivity contribution in [2.45, 2.75) is 0 Å². The van der Waals surface area contributed by atoms with Gasteiger partial charge in [-0.15, -0.1) is 4.91 Å². The lowest BCUT2D eigenvalue weighted by molar-refractivity contribution is 0.322. The molecule has 0 spiro atoms. The van der Waals surface area contributed by atoms with Crippen molar-refractivity contribution < 1.29 is 10.3 Å². The summed E-state index contributed by atoms with van der Waals surface area (Å²) in [7, 11) is 0. The first-order valence-corrected chi connectivity index (χ1v) is 8.09. The molecule has 8 heteroatoms. The zero-order valence-electron chi connectivity index (χ0n) is 12.6. The number of aromatic hydroxyl groups is 1. The molecule has 2 aromatic heterocycles. The average Bonchev–Trinajstić information content (AvgIpc) is 3.12. The van der Waals surface area contributed by atoms with Crippen LogP contribution in [-0.4, -0.2) is 26.5 Å². The van der Waals surface area contributed by atoms with E-state index in [2.05, 4.69) is 36.2 Å². The van der Waals surface area contributed by atoms with Gasteiger partial charge in [0.2, 0.25) is 0 Å². The van der Waals surface area contributed by atoms with Crippen molar-refractivity contribution in [2.75, 3.05) is 0 Å². The lowest BCUT2D eigenvalue weighted by atomic mass is 10.1. The van der Waals surface area contributed by atoms with Gasteiger partial charge in [0.1, 0.15) is 5.69 Å². The Morgan fingerprint density at radius 2 is 1.96 bits per heavy atom. The van der Waals surface area contributed by atoms with E-state index in [4.69, 9.17) is 5.21 Å². The van der Waals surface area contributed by atoms with Crippen molar-refractivity contribution >= 4 is 49.6 Å². The molecule has 7 nitrogen and oxygen atoms in total. The van der Waals surface area contributed by atoms with E-state index in [0.717, 1.165) is 15.4 Å². The van der Waals surface area contributed by atoms with Gasteiger partial charge in [0.05, 0.1) is 23.0 Å². The van der Waals surface area contributed by atoms with Gasteiger partial charge in [0, 0.05) is 20.8 Å². The lowest BCUT2D eigenvalue weighted by Gasteiger charge is -1.99. The highest BCUT2D eigenvalue weighted by Crippen LogP contribution is 2.45. The second-order valence-corrected chi connectivity index (χ2v) is 6.35. The van der Waals surface area contributed by atoms with Gasteiger partial charge < -0.3 is 20.3 Å². The van der Waals surface area contributed by atoms with Gasteiger partial charge in [-0.3, -0.25) is 0 Å². The fourth-order valence-corrected chi connectivity index (χ4v) is 3.50. The Balaban J connectivity index is 2.06. The zero-order valence-corrected chi connectivity index (χ0v) is 14.2. The molecule has 0 aliphatic heterocycles. The third kappa shape index (κ3) is 2.30. The van der Waals surface area contributed by atoms with E-state index in [0.29, 0.717) is 27.7 Å². The van der Waals surface area contributed by atoms with Crippen LogP contribution in [0.4, 0.5) is 5.69 Å². The summed E-state index contributed by atoms with van der Waals surface area (Å²) >= 11 is 3.44. The molecule has 4 aromatic rings. The van der Waals surface area contributed by atoms with Gasteiger partial charge in [-0.25, -0.2) is 0 Å². The molecule has 0 radical (unpaired) electrons. The number of hydrogen-bond acceptors (Lipinski definition) is 5. The molecule has 0 aliphatic carbocycles. The Hall–Kier alpha value is -3.13. The first-order valence-electron chi connectivity index (χ1n) is 7.30. The minimum Gasteiger partial charge on any atom is -0.494 e. The SMILES string of the molecule is O=Nc1c(-c2c(O)[nH]c3c(Br)cccc23)[nH]c2ccc(/C=N\O)cc12. The molecule has 4 N–H and O–H groups in total. The summed E-state index contributed by atoms with van der Waals surface area (Å²) in [5.74, 6) is -0.0597. The van der Waals surface area contributed by atoms with Crippen molar-refractivity contribution in [3.63, 3.8) is 0 Å². The van der Waals surface area contributed by atoms with Crippen LogP contribution in [0.2, 0.25) is 0 Å². The smallest absolute Gasteiger partial charge is 0.199 e. The van der Waals surface area contributed by atoms with E-state index in [-0.39, 0.29) is 11.6 Å². The van der Waals surface area contributed by atoms with E-state index in [1.807, 2.05) is 18.2 Å². The molecular weight excluding hydrogens is 388 g/mol. The van der Waals surface area contributed by atoms with Crippen molar-refractivity contribution in [2.24, 2.45) is 10.3 Å². The highest BCUT2D eigenvalue weighted by atomic mass is 79.9. The van der Waals surface area contributed by atoms with Gasteiger partial charge in [-0.1, -0.05) is 23.4 Å². The van der Waals surface area contributed by atoms with Crippen LogP contribution in [0.3, 0.4) is 0 Å². The number of aromatic amines is 2. The number of fused-ring (bicyclic) bond motifs is 2. The van der Waals surface area contributed by atoms with E-state index in [1.165, 1.54) is 6.21 Å². The highest BCUT2D eigenvalue weighted by Gasteiger charge is 2.22. The molecule has 25 heavy (non-hydrogen) atoms. The molecule has 0 atom stereocenters. The third-order valence-electron chi connectivity index (χ3n) is 4.11. The standard InChI is InChI=1S/C17H11BrN4O3/c18-11-3-1-2-9-13(17(23)21-14(9)11)16-15(22-25)10-6-8(7-19-24)4-5-12(10)20-16/h1-7,20-21,23-24H/b19-7-. The van der Waals surface area contributed by atoms with Gasteiger partial charge in [-0.05, 0) is 44.9 Å². The third-order valence-corrected chi connectivity index (χ3v) is 4.77. The maximum absolute atomic E-state index is 11.5. The number of para-hydroxylation sites is 1. The Morgan fingerprint density at radius 3 is 2.72 bits per heavy atom. The molecule has 0 unspecified atom stereocenters. The number of aromatic nitrogens is 2. The molecule has 0 saturated carbocycles. The molecule has 0 saturated heterocycles. The number of H-pyrrole nitrogens is 2. The van der Waals surface area contributed by atoms with Crippen LogP contribution in [0.25, 0.3) is 33.1 Å². The number of nitroso groups, excluding NO2 is 1. The summed E-state index contributed by atoms with van der Waals surface area (Å²) in [6, 6.07) is 10.7. The fraction of sp³-hybridized carbons (Fsp3) is 0. The van der Waals surface area contributed by atoms with Crippen molar-refractivity contribution in [3.8, 4) is 17.1 Å². The zero-order chi connectivity index (χ0) is 17.6. The molecule has 2 aromatic carbocycles. The molecule has 124 valence electrons. The van der Waals surface area contributed by atoms with Crippen LogP contribution >= 0.6 is 15.9 Å².